The average molecular weight is 545 g/mol. The molecule has 0 aliphatic heterocycles. The fourth-order valence-electron chi connectivity index (χ4n) is 3.10. The van der Waals surface area contributed by atoms with Gasteiger partial charge in [0.15, 0.2) is 0 Å². The monoisotopic (exact) mass is 544 g/mol. The van der Waals surface area contributed by atoms with Crippen LogP contribution in [0.25, 0.3) is 0 Å². The van der Waals surface area contributed by atoms with Crippen LogP contribution in [0.2, 0.25) is 0 Å². The Morgan fingerprint density at radius 3 is 2.53 bits per heavy atom. The van der Waals surface area contributed by atoms with Crippen LogP contribution < -0.4 is 26.0 Å². The minimum Gasteiger partial charge on any atom is -0.435 e. The molecule has 200 valence electrons. The maximum atomic E-state index is 12.8. The van der Waals surface area contributed by atoms with Gasteiger partial charge in [0.25, 0.3) is 5.91 Å². The Labute approximate surface area is 222 Å². The number of nitrogens with zero attached hydrogens (tertiary/aromatic N) is 2. The molecule has 10 nitrogen and oxygen atoms in total. The predicted molar refractivity (Wildman–Crippen MR) is 139 cm³/mol. The first kappa shape index (κ1) is 28.5. The Morgan fingerprint density at radius 1 is 1.00 bits per heavy atom. The van der Waals surface area contributed by atoms with Gasteiger partial charge in [-0.25, -0.2) is 9.97 Å². The minimum atomic E-state index is -2.93. The summed E-state index contributed by atoms with van der Waals surface area (Å²) < 4.78 is 29.0. The molecule has 0 atom stereocenters. The highest BCUT2D eigenvalue weighted by atomic mass is 32.2. The number of carbonyl (C=O) groups excluding carboxylic acids is 3. The molecule has 1 aromatic carbocycles. The SMILES string of the molecule is CC(=O)NCCNCC(=O)Nc1cc(CSc2ncccc2C(=O)Nc2ccc(OC(F)F)cc2)ccn1. The highest BCUT2D eigenvalue weighted by molar-refractivity contribution is 7.98. The van der Waals surface area contributed by atoms with E-state index in [2.05, 4.69) is 36.0 Å². The number of thioether (sulfide) groups is 1. The van der Waals surface area contributed by atoms with Gasteiger partial charge < -0.3 is 26.0 Å². The molecule has 3 aromatic rings. The molecule has 0 unspecified atom stereocenters. The number of aromatic nitrogens is 2. The second kappa shape index (κ2) is 14.6. The number of carbonyl (C=O) groups is 3. The van der Waals surface area contributed by atoms with Crippen LogP contribution in [-0.4, -0.2) is 53.9 Å². The van der Waals surface area contributed by atoms with Crippen molar-refractivity contribution in [2.75, 3.05) is 30.3 Å². The molecular weight excluding hydrogens is 518 g/mol. The van der Waals surface area contributed by atoms with Gasteiger partial charge in [-0.15, -0.1) is 11.8 Å². The summed E-state index contributed by atoms with van der Waals surface area (Å²) in [5.74, 6) is 0.0109. The van der Waals surface area contributed by atoms with Crippen LogP contribution in [0.1, 0.15) is 22.8 Å². The highest BCUT2D eigenvalue weighted by Gasteiger charge is 2.14. The van der Waals surface area contributed by atoms with Crippen molar-refractivity contribution in [1.29, 1.82) is 0 Å². The van der Waals surface area contributed by atoms with Gasteiger partial charge >= 0.3 is 6.61 Å². The van der Waals surface area contributed by atoms with Gasteiger partial charge in [0.05, 0.1) is 12.1 Å². The normalized spacial score (nSPS) is 10.6. The summed E-state index contributed by atoms with van der Waals surface area (Å²) in [6.07, 6.45) is 3.15. The number of anilines is 2. The predicted octanol–water partition coefficient (Wildman–Crippen LogP) is 3.29. The van der Waals surface area contributed by atoms with Crippen molar-refractivity contribution < 1.29 is 27.9 Å². The van der Waals surface area contributed by atoms with Crippen LogP contribution in [0.3, 0.4) is 0 Å². The lowest BCUT2D eigenvalue weighted by molar-refractivity contribution is -0.118. The Morgan fingerprint density at radius 2 is 1.79 bits per heavy atom. The maximum Gasteiger partial charge on any atom is 0.387 e. The largest absolute Gasteiger partial charge is 0.435 e. The quantitative estimate of drug-likeness (QED) is 0.190. The molecule has 0 saturated heterocycles. The molecule has 0 bridgehead atoms. The van der Waals surface area contributed by atoms with E-state index >= 15 is 0 Å². The fourth-order valence-corrected chi connectivity index (χ4v) is 4.03. The fraction of sp³-hybridized carbons (Fsp3) is 0.240. The van der Waals surface area contributed by atoms with Crippen molar-refractivity contribution in [2.24, 2.45) is 0 Å². The zero-order valence-electron chi connectivity index (χ0n) is 20.4. The standard InChI is InChI=1S/C25H26F2N6O4S/c1-16(34)29-12-11-28-14-22(35)33-21-13-17(8-10-30-21)15-38-24-20(3-2-9-31-24)23(36)32-18-4-6-19(7-5-18)37-25(26)27/h2-10,13,25,28H,11-12,14-15H2,1H3,(H,29,34)(H,32,36)(H,30,33,35). The third-order valence-electron chi connectivity index (χ3n) is 4.78. The van der Waals surface area contributed by atoms with Gasteiger partial charge in [0.1, 0.15) is 16.6 Å². The van der Waals surface area contributed by atoms with E-state index in [1.165, 1.54) is 43.0 Å². The Hall–Kier alpha value is -4.10. The van der Waals surface area contributed by atoms with Crippen LogP contribution in [0.5, 0.6) is 5.75 Å². The van der Waals surface area contributed by atoms with E-state index in [1.54, 1.807) is 36.7 Å². The molecule has 0 spiro atoms. The van der Waals surface area contributed by atoms with E-state index in [1.807, 2.05) is 0 Å². The maximum absolute atomic E-state index is 12.8. The second-order valence-corrected chi connectivity index (χ2v) is 8.72. The molecule has 2 heterocycles. The summed E-state index contributed by atoms with van der Waals surface area (Å²) in [5, 5.41) is 11.5. The molecule has 4 N–H and O–H groups in total. The molecule has 0 radical (unpaired) electrons. The van der Waals surface area contributed by atoms with Gasteiger partial charge in [0.2, 0.25) is 11.8 Å². The van der Waals surface area contributed by atoms with E-state index in [0.29, 0.717) is 40.9 Å². The topological polar surface area (TPSA) is 134 Å². The number of ether oxygens (including phenoxy) is 1. The first-order valence-corrected chi connectivity index (χ1v) is 12.4. The van der Waals surface area contributed by atoms with Crippen molar-refractivity contribution in [3.8, 4) is 5.75 Å². The summed E-state index contributed by atoms with van der Waals surface area (Å²) >= 11 is 1.33. The van der Waals surface area contributed by atoms with Gasteiger partial charge in [-0.2, -0.15) is 8.78 Å². The number of amides is 3. The van der Waals surface area contributed by atoms with Crippen LogP contribution in [-0.2, 0) is 15.3 Å². The van der Waals surface area contributed by atoms with Crippen molar-refractivity contribution in [1.82, 2.24) is 20.6 Å². The molecule has 3 amide bonds. The van der Waals surface area contributed by atoms with Gasteiger partial charge in [-0.1, -0.05) is 0 Å². The lowest BCUT2D eigenvalue weighted by Gasteiger charge is -2.11. The Kier molecular flexibility index (Phi) is 10.9. The molecule has 38 heavy (non-hydrogen) atoms. The number of hydrogen-bond donors (Lipinski definition) is 4. The van der Waals surface area contributed by atoms with Crippen molar-refractivity contribution in [2.45, 2.75) is 24.3 Å². The number of halogens is 2. The first-order chi connectivity index (χ1) is 18.3. The summed E-state index contributed by atoms with van der Waals surface area (Å²) in [4.78, 5) is 44.3. The van der Waals surface area contributed by atoms with Crippen molar-refractivity contribution in [3.05, 3.63) is 72.1 Å². The number of hydrogen-bond acceptors (Lipinski definition) is 8. The van der Waals surface area contributed by atoms with Crippen LogP contribution in [0.15, 0.2) is 66.0 Å². The lowest BCUT2D eigenvalue weighted by atomic mass is 10.2. The highest BCUT2D eigenvalue weighted by Crippen LogP contribution is 2.26. The number of alkyl halides is 2. The molecule has 0 fully saturated rings. The third kappa shape index (κ3) is 9.75. The van der Waals surface area contributed by atoms with E-state index < -0.39 is 12.5 Å². The molecule has 3 rings (SSSR count). The summed E-state index contributed by atoms with van der Waals surface area (Å²) in [5.41, 5.74) is 1.61. The van der Waals surface area contributed by atoms with Gasteiger partial charge in [-0.05, 0) is 54.1 Å². The second-order valence-electron chi connectivity index (χ2n) is 7.76. The van der Waals surface area contributed by atoms with Crippen LogP contribution >= 0.6 is 11.8 Å². The number of nitrogens with one attached hydrogen (secondary N) is 4. The van der Waals surface area contributed by atoms with Crippen molar-refractivity contribution in [3.63, 3.8) is 0 Å². The molecule has 13 heteroatoms. The third-order valence-corrected chi connectivity index (χ3v) is 5.86. The Bertz CT molecular complexity index is 1250. The molecule has 0 saturated carbocycles. The van der Waals surface area contributed by atoms with Gasteiger partial charge in [-0.3, -0.25) is 14.4 Å². The zero-order chi connectivity index (χ0) is 27.3. The molecule has 0 aliphatic rings. The lowest BCUT2D eigenvalue weighted by Crippen LogP contribution is -2.34. The summed E-state index contributed by atoms with van der Waals surface area (Å²) in [6.45, 7) is -0.568. The van der Waals surface area contributed by atoms with E-state index in [4.69, 9.17) is 0 Å². The van der Waals surface area contributed by atoms with E-state index in [0.717, 1.165) is 5.56 Å². The molecule has 0 aliphatic carbocycles. The minimum absolute atomic E-state index is 0.0123. The summed E-state index contributed by atoms with van der Waals surface area (Å²) in [6, 6.07) is 12.4. The van der Waals surface area contributed by atoms with Crippen LogP contribution in [0, 0.1) is 0 Å². The van der Waals surface area contributed by atoms with Crippen LogP contribution in [0.4, 0.5) is 20.3 Å². The van der Waals surface area contributed by atoms with E-state index in [9.17, 15) is 23.2 Å². The first-order valence-electron chi connectivity index (χ1n) is 11.4. The van der Waals surface area contributed by atoms with Crippen molar-refractivity contribution >= 4 is 41.0 Å². The smallest absolute Gasteiger partial charge is 0.387 e. The zero-order valence-corrected chi connectivity index (χ0v) is 21.2. The summed E-state index contributed by atoms with van der Waals surface area (Å²) in [7, 11) is 0. The number of pyridine rings is 2. The molecular formula is C25H26F2N6O4S. The number of benzene rings is 1. The number of rotatable bonds is 13. The van der Waals surface area contributed by atoms with E-state index in [-0.39, 0.29) is 24.1 Å². The Balaban J connectivity index is 1.54. The average Bonchev–Trinajstić information content (AvgIpc) is 2.88. The molecule has 2 aromatic heterocycles. The van der Waals surface area contributed by atoms with Gasteiger partial charge in [0, 0.05) is 43.8 Å².